The van der Waals surface area contributed by atoms with Crippen LogP contribution in [0.1, 0.15) is 36.3 Å². The molecule has 2 aliphatic rings. The van der Waals surface area contributed by atoms with Gasteiger partial charge in [-0.25, -0.2) is 0 Å². The molecule has 2 aliphatic heterocycles. The summed E-state index contributed by atoms with van der Waals surface area (Å²) in [5, 5.41) is 6.95. The molecule has 1 aromatic carbocycles. The zero-order valence-electron chi connectivity index (χ0n) is 11.1. The van der Waals surface area contributed by atoms with Crippen molar-refractivity contribution in [1.82, 2.24) is 10.6 Å². The Morgan fingerprint density at radius 2 is 1.78 bits per heavy atom. The lowest BCUT2D eigenvalue weighted by molar-refractivity contribution is 0.461. The van der Waals surface area contributed by atoms with Gasteiger partial charge in [0, 0.05) is 6.54 Å². The molecule has 0 saturated carbocycles. The third-order valence-electron chi connectivity index (χ3n) is 4.43. The lowest BCUT2D eigenvalue weighted by Crippen LogP contribution is -2.28. The molecule has 1 aromatic rings. The first kappa shape index (κ1) is 12.2. The number of nitrogens with one attached hydrogen (secondary N) is 2. The molecule has 0 aliphatic carbocycles. The standard InChI is InChI=1S/C16H24N2/c1-2-16(12-17-8-1)15-5-3-13(4-6-15)10-14-7-9-18-11-14/h3-6,14,16-18H,1-2,7-12H2. The minimum Gasteiger partial charge on any atom is -0.316 e. The zero-order valence-corrected chi connectivity index (χ0v) is 11.1. The molecule has 2 unspecified atom stereocenters. The van der Waals surface area contributed by atoms with Gasteiger partial charge in [0.15, 0.2) is 0 Å². The summed E-state index contributed by atoms with van der Waals surface area (Å²) < 4.78 is 0. The number of rotatable bonds is 3. The van der Waals surface area contributed by atoms with Crippen LogP contribution in [0.2, 0.25) is 0 Å². The topological polar surface area (TPSA) is 24.1 Å². The van der Waals surface area contributed by atoms with Crippen molar-refractivity contribution in [1.29, 1.82) is 0 Å². The molecule has 0 spiro atoms. The Kier molecular flexibility index (Phi) is 3.96. The highest BCUT2D eigenvalue weighted by molar-refractivity contribution is 5.26. The Morgan fingerprint density at radius 1 is 0.944 bits per heavy atom. The van der Waals surface area contributed by atoms with Crippen LogP contribution in [0.5, 0.6) is 0 Å². The average molecular weight is 244 g/mol. The predicted molar refractivity (Wildman–Crippen MR) is 76.0 cm³/mol. The summed E-state index contributed by atoms with van der Waals surface area (Å²) in [6, 6.07) is 9.41. The van der Waals surface area contributed by atoms with Crippen LogP contribution in [0, 0.1) is 5.92 Å². The van der Waals surface area contributed by atoms with Crippen LogP contribution in [0.25, 0.3) is 0 Å². The fourth-order valence-electron chi connectivity index (χ4n) is 3.28. The van der Waals surface area contributed by atoms with Crippen LogP contribution in [-0.4, -0.2) is 26.2 Å². The Balaban J connectivity index is 1.60. The number of benzene rings is 1. The molecule has 2 nitrogen and oxygen atoms in total. The molecular formula is C16H24N2. The molecule has 2 saturated heterocycles. The summed E-state index contributed by atoms with van der Waals surface area (Å²) >= 11 is 0. The van der Waals surface area contributed by atoms with E-state index in [2.05, 4.69) is 34.9 Å². The Labute approximate surface area is 110 Å². The van der Waals surface area contributed by atoms with Gasteiger partial charge in [-0.1, -0.05) is 24.3 Å². The summed E-state index contributed by atoms with van der Waals surface area (Å²) in [4.78, 5) is 0. The first-order valence-electron chi connectivity index (χ1n) is 7.42. The Morgan fingerprint density at radius 3 is 2.44 bits per heavy atom. The van der Waals surface area contributed by atoms with E-state index in [1.807, 2.05) is 0 Å². The van der Waals surface area contributed by atoms with Gasteiger partial charge in [0.1, 0.15) is 0 Å². The highest BCUT2D eigenvalue weighted by atomic mass is 14.9. The van der Waals surface area contributed by atoms with Crippen LogP contribution in [-0.2, 0) is 6.42 Å². The van der Waals surface area contributed by atoms with E-state index in [4.69, 9.17) is 0 Å². The maximum Gasteiger partial charge on any atom is 0.00201 e. The molecule has 0 bridgehead atoms. The van der Waals surface area contributed by atoms with Crippen molar-refractivity contribution in [2.24, 2.45) is 5.92 Å². The molecule has 0 aromatic heterocycles. The molecule has 18 heavy (non-hydrogen) atoms. The summed E-state index contributed by atoms with van der Waals surface area (Å²) in [7, 11) is 0. The summed E-state index contributed by atoms with van der Waals surface area (Å²) in [5.41, 5.74) is 3.03. The van der Waals surface area contributed by atoms with E-state index in [0.29, 0.717) is 0 Å². The van der Waals surface area contributed by atoms with Gasteiger partial charge in [-0.05, 0) is 68.3 Å². The molecule has 98 valence electrons. The third-order valence-corrected chi connectivity index (χ3v) is 4.43. The molecule has 2 heterocycles. The maximum atomic E-state index is 3.50. The van der Waals surface area contributed by atoms with Gasteiger partial charge in [-0.15, -0.1) is 0 Å². The van der Waals surface area contributed by atoms with Crippen molar-refractivity contribution in [3.63, 3.8) is 0 Å². The Bertz CT molecular complexity index is 359. The molecule has 2 atom stereocenters. The van der Waals surface area contributed by atoms with Crippen LogP contribution >= 0.6 is 0 Å². The first-order valence-corrected chi connectivity index (χ1v) is 7.42. The van der Waals surface area contributed by atoms with E-state index in [9.17, 15) is 0 Å². The van der Waals surface area contributed by atoms with Crippen LogP contribution in [0.15, 0.2) is 24.3 Å². The SMILES string of the molecule is c1cc(C2CCCNC2)ccc1CC1CCNC1. The van der Waals surface area contributed by atoms with Crippen LogP contribution < -0.4 is 10.6 Å². The monoisotopic (exact) mass is 244 g/mol. The lowest BCUT2D eigenvalue weighted by atomic mass is 9.90. The lowest BCUT2D eigenvalue weighted by Gasteiger charge is -2.23. The van der Waals surface area contributed by atoms with Gasteiger partial charge in [0.2, 0.25) is 0 Å². The molecule has 2 fully saturated rings. The highest BCUT2D eigenvalue weighted by Crippen LogP contribution is 2.24. The van der Waals surface area contributed by atoms with Crippen molar-refractivity contribution >= 4 is 0 Å². The molecule has 2 heteroatoms. The minimum absolute atomic E-state index is 0.737. The second-order valence-electron chi connectivity index (χ2n) is 5.85. The van der Waals surface area contributed by atoms with Gasteiger partial charge < -0.3 is 10.6 Å². The van der Waals surface area contributed by atoms with Crippen molar-refractivity contribution in [2.45, 2.75) is 31.6 Å². The largest absolute Gasteiger partial charge is 0.316 e. The van der Waals surface area contributed by atoms with Crippen molar-refractivity contribution < 1.29 is 0 Å². The average Bonchev–Trinajstić information content (AvgIpc) is 2.94. The molecule has 2 N–H and O–H groups in total. The van der Waals surface area contributed by atoms with E-state index in [-0.39, 0.29) is 0 Å². The first-order chi connectivity index (χ1) is 8.92. The van der Waals surface area contributed by atoms with E-state index in [0.717, 1.165) is 18.4 Å². The smallest absolute Gasteiger partial charge is 0.00201 e. The molecule has 0 amide bonds. The second-order valence-corrected chi connectivity index (χ2v) is 5.85. The highest BCUT2D eigenvalue weighted by Gasteiger charge is 2.16. The van der Waals surface area contributed by atoms with Crippen LogP contribution in [0.3, 0.4) is 0 Å². The zero-order chi connectivity index (χ0) is 12.2. The van der Waals surface area contributed by atoms with Gasteiger partial charge in [0.25, 0.3) is 0 Å². The second kappa shape index (κ2) is 5.85. The van der Waals surface area contributed by atoms with Crippen LogP contribution in [0.4, 0.5) is 0 Å². The normalized spacial score (nSPS) is 28.4. The predicted octanol–water partition coefficient (Wildman–Crippen LogP) is 2.31. The van der Waals surface area contributed by atoms with Crippen molar-refractivity contribution in [3.05, 3.63) is 35.4 Å². The molecule has 3 rings (SSSR count). The van der Waals surface area contributed by atoms with E-state index in [1.54, 1.807) is 0 Å². The Hall–Kier alpha value is -0.860. The number of hydrogen-bond donors (Lipinski definition) is 2. The fourth-order valence-corrected chi connectivity index (χ4v) is 3.28. The molecular weight excluding hydrogens is 220 g/mol. The molecule has 0 radical (unpaired) electrons. The summed E-state index contributed by atoms with van der Waals surface area (Å²) in [5.74, 6) is 1.59. The minimum atomic E-state index is 0.737. The number of hydrogen-bond acceptors (Lipinski definition) is 2. The maximum absolute atomic E-state index is 3.50. The number of piperidine rings is 1. The van der Waals surface area contributed by atoms with E-state index >= 15 is 0 Å². The van der Waals surface area contributed by atoms with Gasteiger partial charge in [-0.2, -0.15) is 0 Å². The third kappa shape index (κ3) is 2.93. The van der Waals surface area contributed by atoms with E-state index in [1.165, 1.54) is 56.4 Å². The van der Waals surface area contributed by atoms with Crippen molar-refractivity contribution in [3.8, 4) is 0 Å². The summed E-state index contributed by atoms with van der Waals surface area (Å²) in [6.45, 7) is 4.76. The quantitative estimate of drug-likeness (QED) is 0.852. The van der Waals surface area contributed by atoms with Gasteiger partial charge >= 0.3 is 0 Å². The van der Waals surface area contributed by atoms with Gasteiger partial charge in [-0.3, -0.25) is 0 Å². The summed E-state index contributed by atoms with van der Waals surface area (Å²) in [6.07, 6.45) is 5.25. The fraction of sp³-hybridized carbons (Fsp3) is 0.625. The van der Waals surface area contributed by atoms with Gasteiger partial charge in [0.05, 0.1) is 0 Å². The van der Waals surface area contributed by atoms with Crippen molar-refractivity contribution in [2.75, 3.05) is 26.2 Å². The van der Waals surface area contributed by atoms with E-state index < -0.39 is 0 Å².